The van der Waals surface area contributed by atoms with Crippen molar-refractivity contribution in [1.29, 1.82) is 0 Å². The number of benzene rings is 1. The number of carbonyl (C=O) groups is 1. The lowest BCUT2D eigenvalue weighted by atomic mass is 10.1. The summed E-state index contributed by atoms with van der Waals surface area (Å²) in [7, 11) is 0. The number of nitrogens with two attached hydrogens (primary N) is 1. The lowest BCUT2D eigenvalue weighted by Gasteiger charge is -2.31. The molecule has 0 bridgehead atoms. The molecule has 0 radical (unpaired) electrons. The van der Waals surface area contributed by atoms with Gasteiger partial charge in [-0.15, -0.1) is 0 Å². The second-order valence-electron chi connectivity index (χ2n) is 7.86. The fourth-order valence-electron chi connectivity index (χ4n) is 3.97. The molecule has 1 amide bonds. The first-order valence-electron chi connectivity index (χ1n) is 10.5. The highest BCUT2D eigenvalue weighted by atomic mass is 16.5. The second-order valence-corrected chi connectivity index (χ2v) is 7.86. The van der Waals surface area contributed by atoms with Crippen LogP contribution in [-0.4, -0.2) is 48.8 Å². The molecule has 4 aromatic rings. The molecule has 0 unspecified atom stereocenters. The molecule has 162 valence electrons. The Balaban J connectivity index is 1.38. The highest BCUT2D eigenvalue weighted by Gasteiger charge is 2.23. The van der Waals surface area contributed by atoms with E-state index in [4.69, 9.17) is 15.4 Å². The summed E-state index contributed by atoms with van der Waals surface area (Å²) in [5.41, 5.74) is 9.15. The zero-order valence-corrected chi connectivity index (χ0v) is 17.7. The molecule has 1 fully saturated rings. The molecule has 0 atom stereocenters. The summed E-state index contributed by atoms with van der Waals surface area (Å²) in [6.07, 6.45) is 5.32. The van der Waals surface area contributed by atoms with Crippen molar-refractivity contribution in [2.75, 3.05) is 18.8 Å². The molecule has 0 spiro atoms. The van der Waals surface area contributed by atoms with Crippen LogP contribution < -0.4 is 5.73 Å². The van der Waals surface area contributed by atoms with E-state index in [1.165, 1.54) is 0 Å². The van der Waals surface area contributed by atoms with E-state index in [-0.39, 0.29) is 11.9 Å². The van der Waals surface area contributed by atoms with E-state index >= 15 is 0 Å². The number of piperidine rings is 1. The van der Waals surface area contributed by atoms with Gasteiger partial charge in [0.15, 0.2) is 0 Å². The number of pyridine rings is 1. The monoisotopic (exact) mass is 429 g/mol. The molecule has 3 aromatic heterocycles. The van der Waals surface area contributed by atoms with Crippen molar-refractivity contribution in [3.05, 3.63) is 54.9 Å². The maximum absolute atomic E-state index is 11.6. The molecule has 1 saturated heterocycles. The van der Waals surface area contributed by atoms with E-state index in [1.807, 2.05) is 58.2 Å². The van der Waals surface area contributed by atoms with Crippen LogP contribution in [0.1, 0.15) is 25.8 Å². The maximum Gasteiger partial charge on any atom is 0.259 e. The minimum absolute atomic E-state index is 0.122. The van der Waals surface area contributed by atoms with Crippen LogP contribution in [-0.2, 0) is 4.79 Å². The Bertz CT molecular complexity index is 1240. The topological polar surface area (TPSA) is 116 Å². The highest BCUT2D eigenvalue weighted by Crippen LogP contribution is 2.30. The first-order chi connectivity index (χ1) is 15.6. The third-order valence-corrected chi connectivity index (χ3v) is 5.79. The summed E-state index contributed by atoms with van der Waals surface area (Å²) in [6, 6.07) is 13.7. The molecular weight excluding hydrogens is 406 g/mol. The summed E-state index contributed by atoms with van der Waals surface area (Å²) >= 11 is 0. The predicted octanol–water partition coefficient (Wildman–Crippen LogP) is 3.43. The molecular formula is C23H23N7O2. The van der Waals surface area contributed by atoms with E-state index in [0.29, 0.717) is 28.7 Å². The number of anilines is 1. The van der Waals surface area contributed by atoms with Gasteiger partial charge in [0, 0.05) is 43.5 Å². The fourth-order valence-corrected chi connectivity index (χ4v) is 3.97. The zero-order chi connectivity index (χ0) is 22.1. The van der Waals surface area contributed by atoms with Gasteiger partial charge in [-0.1, -0.05) is 35.5 Å². The molecule has 9 nitrogen and oxygen atoms in total. The van der Waals surface area contributed by atoms with E-state index in [9.17, 15) is 4.79 Å². The van der Waals surface area contributed by atoms with Crippen LogP contribution in [0, 0.1) is 0 Å². The summed E-state index contributed by atoms with van der Waals surface area (Å²) < 4.78 is 7.42. The van der Waals surface area contributed by atoms with Gasteiger partial charge in [0.2, 0.25) is 11.7 Å². The van der Waals surface area contributed by atoms with Crippen molar-refractivity contribution < 1.29 is 9.32 Å². The quantitative estimate of drug-likeness (QED) is 0.528. The largest absolute Gasteiger partial charge is 0.383 e. The van der Waals surface area contributed by atoms with Gasteiger partial charge in [0.05, 0.1) is 17.3 Å². The number of nitrogen functional groups attached to an aromatic ring is 1. The number of likely N-dealkylation sites (tertiary alicyclic amines) is 1. The van der Waals surface area contributed by atoms with Gasteiger partial charge in [-0.3, -0.25) is 9.48 Å². The number of rotatable bonds is 4. The van der Waals surface area contributed by atoms with Crippen molar-refractivity contribution in [3.63, 3.8) is 0 Å². The Morgan fingerprint density at radius 3 is 2.66 bits per heavy atom. The van der Waals surface area contributed by atoms with Gasteiger partial charge < -0.3 is 15.2 Å². The molecule has 9 heteroatoms. The van der Waals surface area contributed by atoms with Crippen LogP contribution in [0.5, 0.6) is 0 Å². The Morgan fingerprint density at radius 2 is 1.91 bits per heavy atom. The molecule has 2 N–H and O–H groups in total. The minimum atomic E-state index is 0.122. The van der Waals surface area contributed by atoms with Crippen LogP contribution in [0.3, 0.4) is 0 Å². The summed E-state index contributed by atoms with van der Waals surface area (Å²) in [4.78, 5) is 22.3. The van der Waals surface area contributed by atoms with Crippen molar-refractivity contribution in [2.24, 2.45) is 0 Å². The van der Waals surface area contributed by atoms with E-state index < -0.39 is 0 Å². The number of carbonyl (C=O) groups excluding carboxylic acids is 1. The average Bonchev–Trinajstić information content (AvgIpc) is 3.51. The predicted molar refractivity (Wildman–Crippen MR) is 119 cm³/mol. The molecule has 5 rings (SSSR count). The summed E-state index contributed by atoms with van der Waals surface area (Å²) in [6.45, 7) is 3.10. The van der Waals surface area contributed by atoms with Crippen LogP contribution in [0.4, 0.5) is 5.82 Å². The lowest BCUT2D eigenvalue weighted by Crippen LogP contribution is -2.37. The Morgan fingerprint density at radius 1 is 1.12 bits per heavy atom. The van der Waals surface area contributed by atoms with Gasteiger partial charge in [-0.2, -0.15) is 10.1 Å². The Kier molecular flexibility index (Phi) is 5.14. The number of nitrogens with zero attached hydrogens (tertiary/aromatic N) is 6. The van der Waals surface area contributed by atoms with Gasteiger partial charge in [-0.05, 0) is 25.0 Å². The Hall–Kier alpha value is -4.01. The summed E-state index contributed by atoms with van der Waals surface area (Å²) in [5.74, 6) is 1.39. The maximum atomic E-state index is 11.6. The molecule has 1 aromatic carbocycles. The van der Waals surface area contributed by atoms with Crippen molar-refractivity contribution in [1.82, 2.24) is 29.8 Å². The fraction of sp³-hybridized carbons (Fsp3) is 0.261. The zero-order valence-electron chi connectivity index (χ0n) is 17.7. The third kappa shape index (κ3) is 3.84. The lowest BCUT2D eigenvalue weighted by molar-refractivity contribution is -0.130. The number of hydrogen-bond acceptors (Lipinski definition) is 7. The van der Waals surface area contributed by atoms with Crippen LogP contribution >= 0.6 is 0 Å². The standard InChI is InChI=1S/C23H23N7O2/c1-15(31)29-10-7-18(8-11-29)30-12-9-20(27-30)19-13-17(14-25-21(19)24)23-26-22(28-32-23)16-5-3-2-4-6-16/h2-6,9,12-14,18H,7-8,10-11H2,1H3,(H2,24,25). The van der Waals surface area contributed by atoms with Gasteiger partial charge >= 0.3 is 0 Å². The first-order valence-corrected chi connectivity index (χ1v) is 10.5. The average molecular weight is 429 g/mol. The van der Waals surface area contributed by atoms with Gasteiger partial charge in [-0.25, -0.2) is 4.98 Å². The molecule has 32 heavy (non-hydrogen) atoms. The second kappa shape index (κ2) is 8.26. The van der Waals surface area contributed by atoms with Crippen molar-refractivity contribution in [2.45, 2.75) is 25.8 Å². The molecule has 4 heterocycles. The molecule has 1 aliphatic rings. The van der Waals surface area contributed by atoms with Crippen molar-refractivity contribution in [3.8, 4) is 34.1 Å². The normalized spacial score (nSPS) is 14.6. The third-order valence-electron chi connectivity index (χ3n) is 5.79. The smallest absolute Gasteiger partial charge is 0.259 e. The molecule has 1 aliphatic heterocycles. The van der Waals surface area contributed by atoms with Gasteiger partial charge in [0.25, 0.3) is 5.89 Å². The summed E-state index contributed by atoms with van der Waals surface area (Å²) in [5, 5.41) is 8.83. The number of amides is 1. The molecule has 0 aliphatic carbocycles. The van der Waals surface area contributed by atoms with Crippen molar-refractivity contribution >= 4 is 11.7 Å². The highest BCUT2D eigenvalue weighted by molar-refractivity contribution is 5.75. The first kappa shape index (κ1) is 19.9. The number of aromatic nitrogens is 5. The van der Waals surface area contributed by atoms with Gasteiger partial charge in [0.1, 0.15) is 5.82 Å². The van der Waals surface area contributed by atoms with E-state index in [0.717, 1.165) is 37.2 Å². The molecule has 0 saturated carbocycles. The van der Waals surface area contributed by atoms with Crippen LogP contribution in [0.25, 0.3) is 34.1 Å². The van der Waals surface area contributed by atoms with E-state index in [1.54, 1.807) is 13.1 Å². The number of hydrogen-bond donors (Lipinski definition) is 1. The minimum Gasteiger partial charge on any atom is -0.383 e. The SMILES string of the molecule is CC(=O)N1CCC(n2ccc(-c3cc(-c4nc(-c5ccccc5)no4)cnc3N)n2)CC1. The Labute approximate surface area is 184 Å². The van der Waals surface area contributed by atoms with Crippen LogP contribution in [0.2, 0.25) is 0 Å². The van der Waals surface area contributed by atoms with E-state index in [2.05, 4.69) is 15.1 Å². The van der Waals surface area contributed by atoms with Crippen LogP contribution in [0.15, 0.2) is 59.4 Å².